The van der Waals surface area contributed by atoms with E-state index in [1.807, 2.05) is 6.92 Å². The monoisotopic (exact) mass is 418 g/mol. The van der Waals surface area contributed by atoms with E-state index in [1.165, 1.54) is 18.2 Å². The van der Waals surface area contributed by atoms with Gasteiger partial charge in [-0.3, -0.25) is 0 Å². The summed E-state index contributed by atoms with van der Waals surface area (Å²) in [6, 6.07) is 9.13. The minimum atomic E-state index is -3.56. The van der Waals surface area contributed by atoms with E-state index in [1.54, 1.807) is 18.2 Å². The van der Waals surface area contributed by atoms with Gasteiger partial charge in [-0.05, 0) is 36.8 Å². The fraction of sp³-hybridized carbons (Fsp3) is 0.312. The molecule has 26 heavy (non-hydrogen) atoms. The molecule has 2 rings (SSSR count). The zero-order valence-corrected chi connectivity index (χ0v) is 16.5. The lowest BCUT2D eigenvalue weighted by Crippen LogP contribution is -2.41. The molecule has 1 heterocycles. The molecule has 0 atom stereocenters. The van der Waals surface area contributed by atoms with Crippen LogP contribution >= 0.6 is 22.9 Å². The second-order valence-electron chi connectivity index (χ2n) is 5.20. The van der Waals surface area contributed by atoms with Gasteiger partial charge in [0.25, 0.3) is 0 Å². The highest BCUT2D eigenvalue weighted by molar-refractivity contribution is 7.91. The lowest BCUT2D eigenvalue weighted by Gasteiger charge is -2.11. The van der Waals surface area contributed by atoms with Crippen molar-refractivity contribution >= 4 is 38.9 Å². The van der Waals surface area contributed by atoms with Crippen LogP contribution in [0.5, 0.6) is 0 Å². The van der Waals surface area contributed by atoms with Gasteiger partial charge in [-0.25, -0.2) is 22.5 Å². The number of nitrogens with one attached hydrogen (secondary N) is 3. The fourth-order valence-corrected chi connectivity index (χ4v) is 4.54. The maximum Gasteiger partial charge on any atom is 0.250 e. The van der Waals surface area contributed by atoms with Crippen LogP contribution < -0.4 is 15.4 Å². The Kier molecular flexibility index (Phi) is 7.83. The Morgan fingerprint density at radius 2 is 1.88 bits per heavy atom. The highest BCUT2D eigenvalue weighted by atomic mass is 35.5. The Labute approximate surface area is 161 Å². The van der Waals surface area contributed by atoms with Gasteiger partial charge in [0.15, 0.2) is 5.96 Å². The molecule has 0 aliphatic carbocycles. The number of guanidine groups is 1. The van der Waals surface area contributed by atoms with Crippen LogP contribution in [0.3, 0.4) is 0 Å². The molecule has 0 unspecified atom stereocenters. The molecule has 142 valence electrons. The van der Waals surface area contributed by atoms with Crippen LogP contribution in [0.25, 0.3) is 0 Å². The molecule has 0 saturated carbocycles. The van der Waals surface area contributed by atoms with Crippen molar-refractivity contribution in [1.29, 1.82) is 0 Å². The topological polar surface area (TPSA) is 82.6 Å². The van der Waals surface area contributed by atoms with Crippen LogP contribution in [-0.4, -0.2) is 34.0 Å². The van der Waals surface area contributed by atoms with Gasteiger partial charge < -0.3 is 10.6 Å². The number of aliphatic imine (C=N–C) groups is 1. The maximum atomic E-state index is 12.9. The highest BCUT2D eigenvalue weighted by Gasteiger charge is 2.15. The number of nitrogens with zero attached hydrogens (tertiary/aromatic N) is 1. The predicted octanol–water partition coefficient (Wildman–Crippen LogP) is 2.57. The second kappa shape index (κ2) is 9.86. The SMILES string of the molecule is CCNC(=NCc1ccc(F)cc1)NCCNS(=O)(=O)c1ccc(Cl)s1. The number of sulfonamides is 1. The number of hydrogen-bond acceptors (Lipinski definition) is 4. The Hall–Kier alpha value is -1.68. The van der Waals surface area contributed by atoms with Crippen molar-refractivity contribution in [1.82, 2.24) is 15.4 Å². The summed E-state index contributed by atoms with van der Waals surface area (Å²) in [5.41, 5.74) is 0.874. The van der Waals surface area contributed by atoms with Crippen molar-refractivity contribution < 1.29 is 12.8 Å². The molecule has 0 aliphatic rings. The predicted molar refractivity (Wildman–Crippen MR) is 104 cm³/mol. The Morgan fingerprint density at radius 3 is 2.50 bits per heavy atom. The lowest BCUT2D eigenvalue weighted by molar-refractivity contribution is 0.582. The molecule has 3 N–H and O–H groups in total. The van der Waals surface area contributed by atoms with E-state index in [0.29, 0.717) is 29.9 Å². The Bertz CT molecular complexity index is 838. The fourth-order valence-electron chi connectivity index (χ4n) is 1.98. The molecule has 1 aromatic heterocycles. The Morgan fingerprint density at radius 1 is 1.15 bits per heavy atom. The third kappa shape index (κ3) is 6.56. The molecule has 0 fully saturated rings. The molecule has 1 aromatic carbocycles. The van der Waals surface area contributed by atoms with Gasteiger partial charge in [0, 0.05) is 19.6 Å². The van der Waals surface area contributed by atoms with Gasteiger partial charge in [0.1, 0.15) is 10.0 Å². The number of rotatable bonds is 8. The van der Waals surface area contributed by atoms with Crippen LogP contribution in [0.2, 0.25) is 4.34 Å². The Balaban J connectivity index is 1.84. The minimum Gasteiger partial charge on any atom is -0.357 e. The smallest absolute Gasteiger partial charge is 0.250 e. The third-order valence-corrected chi connectivity index (χ3v) is 6.38. The summed E-state index contributed by atoms with van der Waals surface area (Å²) in [5.74, 6) is 0.261. The molecule has 10 heteroatoms. The molecule has 0 radical (unpaired) electrons. The number of hydrogen-bond donors (Lipinski definition) is 3. The average Bonchev–Trinajstić information content (AvgIpc) is 3.05. The van der Waals surface area contributed by atoms with E-state index < -0.39 is 10.0 Å². The summed E-state index contributed by atoms with van der Waals surface area (Å²) in [7, 11) is -3.56. The van der Waals surface area contributed by atoms with Crippen molar-refractivity contribution in [2.75, 3.05) is 19.6 Å². The summed E-state index contributed by atoms with van der Waals surface area (Å²) in [4.78, 5) is 4.39. The minimum absolute atomic E-state index is 0.180. The normalized spacial score (nSPS) is 12.2. The molecule has 0 spiro atoms. The van der Waals surface area contributed by atoms with Crippen molar-refractivity contribution in [3.8, 4) is 0 Å². The summed E-state index contributed by atoms with van der Waals surface area (Å²) in [6.45, 7) is 3.52. The first kappa shape index (κ1) is 20.6. The molecular formula is C16H20ClFN4O2S2. The van der Waals surface area contributed by atoms with Crippen molar-refractivity contribution in [3.05, 3.63) is 52.1 Å². The molecule has 6 nitrogen and oxygen atoms in total. The number of benzene rings is 1. The van der Waals surface area contributed by atoms with Crippen LogP contribution in [0.1, 0.15) is 12.5 Å². The van der Waals surface area contributed by atoms with Gasteiger partial charge in [-0.2, -0.15) is 0 Å². The van der Waals surface area contributed by atoms with Gasteiger partial charge in [-0.1, -0.05) is 23.7 Å². The standard InChI is InChI=1S/C16H20ClFN4O2S2/c1-2-19-16(21-11-12-3-5-13(18)6-4-12)20-9-10-22-26(23,24)15-8-7-14(17)25-15/h3-8,22H,2,9-11H2,1H3,(H2,19,20,21). The van der Waals surface area contributed by atoms with Crippen LogP contribution in [0, 0.1) is 5.82 Å². The molecular weight excluding hydrogens is 399 g/mol. The quantitative estimate of drug-likeness (QED) is 0.349. The van der Waals surface area contributed by atoms with E-state index in [-0.39, 0.29) is 16.6 Å². The van der Waals surface area contributed by atoms with Gasteiger partial charge >= 0.3 is 0 Å². The van der Waals surface area contributed by atoms with Crippen LogP contribution in [0.4, 0.5) is 4.39 Å². The number of thiophene rings is 1. The molecule has 2 aromatic rings. The van der Waals surface area contributed by atoms with E-state index >= 15 is 0 Å². The number of halogens is 2. The van der Waals surface area contributed by atoms with Crippen molar-refractivity contribution in [2.45, 2.75) is 17.7 Å². The first-order chi connectivity index (χ1) is 12.4. The van der Waals surface area contributed by atoms with Gasteiger partial charge in [0.2, 0.25) is 10.0 Å². The first-order valence-electron chi connectivity index (χ1n) is 7.92. The third-order valence-electron chi connectivity index (χ3n) is 3.20. The van der Waals surface area contributed by atoms with Crippen molar-refractivity contribution in [3.63, 3.8) is 0 Å². The van der Waals surface area contributed by atoms with Crippen molar-refractivity contribution in [2.24, 2.45) is 4.99 Å². The molecule has 0 aliphatic heterocycles. The molecule has 0 bridgehead atoms. The maximum absolute atomic E-state index is 12.9. The molecule has 0 amide bonds. The van der Waals surface area contributed by atoms with E-state index in [2.05, 4.69) is 20.3 Å². The van der Waals surface area contributed by atoms with E-state index in [4.69, 9.17) is 11.6 Å². The van der Waals surface area contributed by atoms with E-state index in [9.17, 15) is 12.8 Å². The summed E-state index contributed by atoms with van der Waals surface area (Å²) in [6.07, 6.45) is 0. The summed E-state index contributed by atoms with van der Waals surface area (Å²) < 4.78 is 40.2. The zero-order valence-electron chi connectivity index (χ0n) is 14.1. The van der Waals surface area contributed by atoms with Gasteiger partial charge in [0.05, 0.1) is 10.9 Å². The van der Waals surface area contributed by atoms with E-state index in [0.717, 1.165) is 16.9 Å². The molecule has 0 saturated heterocycles. The van der Waals surface area contributed by atoms with Crippen LogP contribution in [0.15, 0.2) is 45.6 Å². The first-order valence-corrected chi connectivity index (χ1v) is 10.6. The van der Waals surface area contributed by atoms with Crippen LogP contribution in [-0.2, 0) is 16.6 Å². The summed E-state index contributed by atoms with van der Waals surface area (Å²) >= 11 is 6.77. The summed E-state index contributed by atoms with van der Waals surface area (Å²) in [5, 5.41) is 6.12. The average molecular weight is 419 g/mol. The largest absolute Gasteiger partial charge is 0.357 e. The lowest BCUT2D eigenvalue weighted by atomic mass is 10.2. The second-order valence-corrected chi connectivity index (χ2v) is 8.91. The van der Waals surface area contributed by atoms with Gasteiger partial charge in [-0.15, -0.1) is 11.3 Å². The highest BCUT2D eigenvalue weighted by Crippen LogP contribution is 2.25. The zero-order chi connectivity index (χ0) is 19.0.